The van der Waals surface area contributed by atoms with Crippen molar-refractivity contribution < 1.29 is 0 Å². The van der Waals surface area contributed by atoms with Gasteiger partial charge >= 0.3 is 0 Å². The minimum absolute atomic E-state index is 0.804. The Labute approximate surface area is 69.8 Å². The molecule has 2 heteroatoms. The van der Waals surface area contributed by atoms with Gasteiger partial charge in [-0.25, -0.2) is 0 Å². The summed E-state index contributed by atoms with van der Waals surface area (Å²) in [6, 6.07) is 0.804. The molecule has 0 saturated heterocycles. The second kappa shape index (κ2) is 4.07. The van der Waals surface area contributed by atoms with Gasteiger partial charge in [0.05, 0.1) is 0 Å². The molecule has 0 spiro atoms. The fourth-order valence-electron chi connectivity index (χ4n) is 2.25. The molecule has 2 nitrogen and oxygen atoms in total. The summed E-state index contributed by atoms with van der Waals surface area (Å²) in [5, 5.41) is 0. The first-order valence-electron chi connectivity index (χ1n) is 4.62. The number of rotatable bonds is 3. The molecule has 1 rings (SSSR count). The molecular weight excluding hydrogens is 136 g/mol. The standard InChI is InChI=1S/C9H20N2/c1-11(2)9-5-3-4-8(9)6-7-10/h8-9H,3-7,10H2,1-2H3. The first-order chi connectivity index (χ1) is 5.25. The predicted molar refractivity (Wildman–Crippen MR) is 48.5 cm³/mol. The molecule has 1 aliphatic rings. The fraction of sp³-hybridized carbons (Fsp3) is 1.00. The molecule has 11 heavy (non-hydrogen) atoms. The number of hydrogen-bond donors (Lipinski definition) is 1. The normalized spacial score (nSPS) is 31.6. The van der Waals surface area contributed by atoms with Gasteiger partial charge in [0.2, 0.25) is 0 Å². The molecular formula is C9H20N2. The fourth-order valence-corrected chi connectivity index (χ4v) is 2.25. The smallest absolute Gasteiger partial charge is 0.0118 e. The summed E-state index contributed by atoms with van der Waals surface area (Å²) in [5.41, 5.74) is 5.55. The van der Waals surface area contributed by atoms with Crippen LogP contribution in [0.1, 0.15) is 25.7 Å². The van der Waals surface area contributed by atoms with Crippen LogP contribution in [0.4, 0.5) is 0 Å². The molecule has 0 aliphatic heterocycles. The molecule has 1 saturated carbocycles. The molecule has 2 N–H and O–H groups in total. The number of nitrogens with zero attached hydrogens (tertiary/aromatic N) is 1. The summed E-state index contributed by atoms with van der Waals surface area (Å²) >= 11 is 0. The van der Waals surface area contributed by atoms with E-state index in [1.165, 1.54) is 25.7 Å². The van der Waals surface area contributed by atoms with E-state index < -0.39 is 0 Å². The van der Waals surface area contributed by atoms with Crippen molar-refractivity contribution in [3.63, 3.8) is 0 Å². The second-order valence-electron chi connectivity index (χ2n) is 3.80. The van der Waals surface area contributed by atoms with E-state index in [0.29, 0.717) is 0 Å². The third-order valence-corrected chi connectivity index (χ3v) is 2.82. The van der Waals surface area contributed by atoms with E-state index in [2.05, 4.69) is 19.0 Å². The molecule has 1 aliphatic carbocycles. The molecule has 0 amide bonds. The third-order valence-electron chi connectivity index (χ3n) is 2.82. The predicted octanol–water partition coefficient (Wildman–Crippen LogP) is 1.07. The lowest BCUT2D eigenvalue weighted by Crippen LogP contribution is -2.32. The molecule has 2 unspecified atom stereocenters. The van der Waals surface area contributed by atoms with Gasteiger partial charge < -0.3 is 10.6 Å². The monoisotopic (exact) mass is 156 g/mol. The van der Waals surface area contributed by atoms with Crippen LogP contribution in [0.3, 0.4) is 0 Å². The van der Waals surface area contributed by atoms with Crippen LogP contribution in [0.2, 0.25) is 0 Å². The lowest BCUT2D eigenvalue weighted by molar-refractivity contribution is 0.231. The van der Waals surface area contributed by atoms with Crippen molar-refractivity contribution in [3.8, 4) is 0 Å². The van der Waals surface area contributed by atoms with Crippen LogP contribution < -0.4 is 5.73 Å². The summed E-state index contributed by atoms with van der Waals surface area (Å²) in [6.07, 6.45) is 5.37. The zero-order chi connectivity index (χ0) is 8.27. The molecule has 0 aromatic carbocycles. The Morgan fingerprint density at radius 2 is 2.09 bits per heavy atom. The van der Waals surface area contributed by atoms with E-state index in [4.69, 9.17) is 5.73 Å². The van der Waals surface area contributed by atoms with E-state index in [9.17, 15) is 0 Å². The average Bonchev–Trinajstić information content (AvgIpc) is 2.36. The van der Waals surface area contributed by atoms with Crippen LogP contribution in [-0.4, -0.2) is 31.6 Å². The van der Waals surface area contributed by atoms with Crippen LogP contribution in [-0.2, 0) is 0 Å². The summed E-state index contributed by atoms with van der Waals surface area (Å²) in [5.74, 6) is 0.870. The highest BCUT2D eigenvalue weighted by atomic mass is 15.1. The highest BCUT2D eigenvalue weighted by Crippen LogP contribution is 2.30. The molecule has 66 valence electrons. The van der Waals surface area contributed by atoms with Gasteiger partial charge in [-0.15, -0.1) is 0 Å². The van der Waals surface area contributed by atoms with Crippen LogP contribution in [0, 0.1) is 5.92 Å². The summed E-state index contributed by atoms with van der Waals surface area (Å²) in [4.78, 5) is 2.35. The van der Waals surface area contributed by atoms with E-state index in [1.54, 1.807) is 0 Å². The van der Waals surface area contributed by atoms with Crippen molar-refractivity contribution >= 4 is 0 Å². The molecule has 1 fully saturated rings. The van der Waals surface area contributed by atoms with Crippen LogP contribution >= 0.6 is 0 Å². The van der Waals surface area contributed by atoms with E-state index >= 15 is 0 Å². The lowest BCUT2D eigenvalue weighted by atomic mass is 9.99. The van der Waals surface area contributed by atoms with Gasteiger partial charge in [0, 0.05) is 6.04 Å². The van der Waals surface area contributed by atoms with E-state index in [-0.39, 0.29) is 0 Å². The van der Waals surface area contributed by atoms with Gasteiger partial charge in [0.15, 0.2) is 0 Å². The lowest BCUT2D eigenvalue weighted by Gasteiger charge is -2.25. The Balaban J connectivity index is 2.37. The minimum atomic E-state index is 0.804. The van der Waals surface area contributed by atoms with Crippen molar-refractivity contribution in [2.24, 2.45) is 11.7 Å². The van der Waals surface area contributed by atoms with Gasteiger partial charge in [-0.2, -0.15) is 0 Å². The zero-order valence-corrected chi connectivity index (χ0v) is 7.71. The van der Waals surface area contributed by atoms with E-state index in [1.807, 2.05) is 0 Å². The first kappa shape index (κ1) is 9.01. The Morgan fingerprint density at radius 3 is 2.64 bits per heavy atom. The SMILES string of the molecule is CN(C)C1CCCC1CCN. The molecule has 0 aromatic rings. The van der Waals surface area contributed by atoms with E-state index in [0.717, 1.165) is 18.5 Å². The number of nitrogens with two attached hydrogens (primary N) is 1. The first-order valence-corrected chi connectivity index (χ1v) is 4.62. The summed E-state index contributed by atoms with van der Waals surface area (Å²) < 4.78 is 0. The van der Waals surface area contributed by atoms with Gasteiger partial charge in [-0.1, -0.05) is 6.42 Å². The minimum Gasteiger partial charge on any atom is -0.330 e. The topological polar surface area (TPSA) is 29.3 Å². The van der Waals surface area contributed by atoms with Crippen molar-refractivity contribution in [1.82, 2.24) is 4.90 Å². The molecule has 0 aromatic heterocycles. The van der Waals surface area contributed by atoms with Gasteiger partial charge in [0.1, 0.15) is 0 Å². The highest BCUT2D eigenvalue weighted by molar-refractivity contribution is 4.82. The Bertz CT molecular complexity index is 112. The van der Waals surface area contributed by atoms with Gasteiger partial charge in [-0.3, -0.25) is 0 Å². The van der Waals surface area contributed by atoms with Crippen molar-refractivity contribution in [2.45, 2.75) is 31.7 Å². The Morgan fingerprint density at radius 1 is 1.36 bits per heavy atom. The zero-order valence-electron chi connectivity index (χ0n) is 7.71. The third kappa shape index (κ3) is 2.17. The van der Waals surface area contributed by atoms with Crippen molar-refractivity contribution in [2.75, 3.05) is 20.6 Å². The van der Waals surface area contributed by atoms with Crippen molar-refractivity contribution in [1.29, 1.82) is 0 Å². The molecule has 2 atom stereocenters. The highest BCUT2D eigenvalue weighted by Gasteiger charge is 2.27. The van der Waals surface area contributed by atoms with Crippen LogP contribution in [0.25, 0.3) is 0 Å². The quantitative estimate of drug-likeness (QED) is 0.662. The number of hydrogen-bond acceptors (Lipinski definition) is 2. The van der Waals surface area contributed by atoms with Crippen LogP contribution in [0.5, 0.6) is 0 Å². The largest absolute Gasteiger partial charge is 0.330 e. The Kier molecular flexibility index (Phi) is 3.34. The summed E-state index contributed by atoms with van der Waals surface area (Å²) in [7, 11) is 4.36. The maximum absolute atomic E-state index is 5.55. The van der Waals surface area contributed by atoms with Gasteiger partial charge in [0.25, 0.3) is 0 Å². The average molecular weight is 156 g/mol. The molecule has 0 heterocycles. The molecule has 0 radical (unpaired) electrons. The maximum atomic E-state index is 5.55. The maximum Gasteiger partial charge on any atom is 0.0118 e. The summed E-state index contributed by atoms with van der Waals surface area (Å²) in [6.45, 7) is 0.856. The molecule has 0 bridgehead atoms. The second-order valence-corrected chi connectivity index (χ2v) is 3.80. The Hall–Kier alpha value is -0.0800. The van der Waals surface area contributed by atoms with Gasteiger partial charge in [-0.05, 0) is 45.8 Å². The van der Waals surface area contributed by atoms with Crippen LogP contribution in [0.15, 0.2) is 0 Å². The van der Waals surface area contributed by atoms with Crippen molar-refractivity contribution in [3.05, 3.63) is 0 Å².